The van der Waals surface area contributed by atoms with Gasteiger partial charge in [-0.3, -0.25) is 9.59 Å². The van der Waals surface area contributed by atoms with Crippen LogP contribution < -0.4 is 10.9 Å². The van der Waals surface area contributed by atoms with Crippen LogP contribution in [-0.4, -0.2) is 26.3 Å². The Balaban J connectivity index is 1.53. The Morgan fingerprint density at radius 3 is 2.66 bits per heavy atom. The highest BCUT2D eigenvalue weighted by Crippen LogP contribution is 2.23. The Hall–Kier alpha value is -4.04. The van der Waals surface area contributed by atoms with Gasteiger partial charge in [0.1, 0.15) is 12.4 Å². The summed E-state index contributed by atoms with van der Waals surface area (Å²) in [6.45, 7) is 6.21. The molecule has 5 rings (SSSR count). The molecule has 192 valence electrons. The first-order valence-electron chi connectivity index (χ1n) is 12.6. The average molecular weight is 570 g/mol. The number of benzene rings is 3. The highest BCUT2D eigenvalue weighted by molar-refractivity contribution is 9.10. The lowest BCUT2D eigenvalue weighted by Gasteiger charge is -2.13. The van der Waals surface area contributed by atoms with E-state index in [0.717, 1.165) is 38.6 Å². The van der Waals surface area contributed by atoms with Gasteiger partial charge in [0, 0.05) is 38.7 Å². The van der Waals surface area contributed by atoms with Crippen molar-refractivity contribution in [2.45, 2.75) is 39.7 Å². The molecule has 0 unspecified atom stereocenters. The molecule has 7 nitrogen and oxygen atoms in total. The van der Waals surface area contributed by atoms with Crippen LogP contribution in [0.2, 0.25) is 0 Å². The molecule has 0 aliphatic carbocycles. The summed E-state index contributed by atoms with van der Waals surface area (Å²) in [5.74, 6) is 0.535. The predicted octanol–water partition coefficient (Wildman–Crippen LogP) is 6.46. The maximum atomic E-state index is 13.5. The molecule has 2 heterocycles. The van der Waals surface area contributed by atoms with E-state index < -0.39 is 0 Å². The normalized spacial score (nSPS) is 12.4. The van der Waals surface area contributed by atoms with Gasteiger partial charge in [-0.15, -0.1) is 0 Å². The third kappa shape index (κ3) is 5.04. The van der Waals surface area contributed by atoms with Crippen molar-refractivity contribution in [1.29, 1.82) is 0 Å². The van der Waals surface area contributed by atoms with Crippen molar-refractivity contribution in [3.05, 3.63) is 105 Å². The first-order chi connectivity index (χ1) is 18.4. The van der Waals surface area contributed by atoms with Crippen LogP contribution in [0.5, 0.6) is 0 Å². The number of halogens is 1. The molecule has 0 bridgehead atoms. The monoisotopic (exact) mass is 569 g/mol. The van der Waals surface area contributed by atoms with Gasteiger partial charge in [0.25, 0.3) is 5.56 Å². The molecule has 1 atom stereocenters. The van der Waals surface area contributed by atoms with Gasteiger partial charge in [-0.1, -0.05) is 66.2 Å². The Morgan fingerprint density at radius 1 is 1.11 bits per heavy atom. The number of rotatable bonds is 7. The van der Waals surface area contributed by atoms with E-state index in [1.54, 1.807) is 12.3 Å². The van der Waals surface area contributed by atoms with Crippen molar-refractivity contribution >= 4 is 55.5 Å². The summed E-state index contributed by atoms with van der Waals surface area (Å²) in [6, 6.07) is 21.0. The molecule has 38 heavy (non-hydrogen) atoms. The number of para-hydroxylation sites is 2. The van der Waals surface area contributed by atoms with E-state index in [0.29, 0.717) is 16.7 Å². The lowest BCUT2D eigenvalue weighted by atomic mass is 10.1. The summed E-state index contributed by atoms with van der Waals surface area (Å²) in [5, 5.41) is 9.07. The lowest BCUT2D eigenvalue weighted by molar-refractivity contribution is -0.116. The number of hydrogen-bond donors (Lipinski definition) is 1. The summed E-state index contributed by atoms with van der Waals surface area (Å²) in [7, 11) is 0. The summed E-state index contributed by atoms with van der Waals surface area (Å²) in [4.78, 5) is 31.2. The molecule has 0 radical (unpaired) electrons. The molecule has 0 aliphatic rings. The van der Waals surface area contributed by atoms with Crippen LogP contribution >= 0.6 is 15.9 Å². The topological polar surface area (TPSA) is 81.3 Å². The number of nitrogens with one attached hydrogen (secondary N) is 1. The number of carbonyl (C=O) groups excluding carboxylic acids is 1. The maximum Gasteiger partial charge on any atom is 0.282 e. The van der Waals surface area contributed by atoms with Gasteiger partial charge in [0.15, 0.2) is 0 Å². The van der Waals surface area contributed by atoms with Crippen LogP contribution in [0.3, 0.4) is 0 Å². The van der Waals surface area contributed by atoms with Crippen molar-refractivity contribution in [3.63, 3.8) is 0 Å². The number of nitrogens with zero attached hydrogens (tertiary/aromatic N) is 4. The van der Waals surface area contributed by atoms with Gasteiger partial charge in [0.2, 0.25) is 5.91 Å². The van der Waals surface area contributed by atoms with Crippen LogP contribution in [-0.2, 0) is 11.3 Å². The molecule has 0 aliphatic heterocycles. The molecule has 1 N–H and O–H groups in total. The molecule has 0 spiro atoms. The van der Waals surface area contributed by atoms with Crippen LogP contribution in [0, 0.1) is 6.92 Å². The predicted molar refractivity (Wildman–Crippen MR) is 157 cm³/mol. The number of aryl methyl sites for hydroxylation is 1. The van der Waals surface area contributed by atoms with Crippen LogP contribution in [0.4, 0.5) is 5.69 Å². The Kier molecular flexibility index (Phi) is 7.24. The highest BCUT2D eigenvalue weighted by Gasteiger charge is 2.16. The fourth-order valence-corrected chi connectivity index (χ4v) is 4.83. The minimum absolute atomic E-state index is 0.0411. The van der Waals surface area contributed by atoms with Crippen molar-refractivity contribution < 1.29 is 4.79 Å². The van der Waals surface area contributed by atoms with Crippen LogP contribution in [0.1, 0.15) is 43.1 Å². The minimum atomic E-state index is -0.218. The second-order valence-corrected chi connectivity index (χ2v) is 10.3. The zero-order valence-corrected chi connectivity index (χ0v) is 23.1. The van der Waals surface area contributed by atoms with E-state index in [4.69, 9.17) is 4.98 Å². The SMILES string of the molecule is CC[C@@H](C)c1nc2ccc(Br)cc2c(=O)n1N=Cc1cn(CC(=O)Nc2ccccc2C)c2ccccc12. The van der Waals surface area contributed by atoms with E-state index in [1.165, 1.54) is 4.68 Å². The van der Waals surface area contributed by atoms with E-state index in [-0.39, 0.29) is 23.9 Å². The zero-order valence-electron chi connectivity index (χ0n) is 21.5. The van der Waals surface area contributed by atoms with Crippen LogP contribution in [0.25, 0.3) is 21.8 Å². The van der Waals surface area contributed by atoms with Gasteiger partial charge in [0.05, 0.1) is 17.1 Å². The summed E-state index contributed by atoms with van der Waals surface area (Å²) < 4.78 is 4.11. The maximum absolute atomic E-state index is 13.5. The van der Waals surface area contributed by atoms with Crippen molar-refractivity contribution in [1.82, 2.24) is 14.2 Å². The first-order valence-corrected chi connectivity index (χ1v) is 13.3. The van der Waals surface area contributed by atoms with Crippen molar-refractivity contribution in [2.75, 3.05) is 5.32 Å². The minimum Gasteiger partial charge on any atom is -0.337 e. The smallest absolute Gasteiger partial charge is 0.282 e. The molecule has 8 heteroatoms. The molecule has 0 fully saturated rings. The Labute approximate surface area is 229 Å². The summed E-state index contributed by atoms with van der Waals surface area (Å²) >= 11 is 3.45. The van der Waals surface area contributed by atoms with E-state index in [9.17, 15) is 9.59 Å². The van der Waals surface area contributed by atoms with Crippen LogP contribution in [0.15, 0.2) is 87.3 Å². The highest BCUT2D eigenvalue weighted by atomic mass is 79.9. The van der Waals surface area contributed by atoms with E-state index in [1.807, 2.05) is 85.3 Å². The standard InChI is InChI=1S/C30H28BrN5O2/c1-4-19(2)29-34-26-14-13-22(31)15-24(26)30(38)36(29)32-16-21-17-35(27-12-8-6-10-23(21)27)18-28(37)33-25-11-7-5-9-20(25)3/h5-17,19H,4,18H2,1-3H3,(H,33,37)/t19-/m1/s1. The molecule has 1 amide bonds. The lowest BCUT2D eigenvalue weighted by Crippen LogP contribution is -2.23. The molecular weight excluding hydrogens is 542 g/mol. The number of aromatic nitrogens is 3. The average Bonchev–Trinajstić information content (AvgIpc) is 3.26. The van der Waals surface area contributed by atoms with Gasteiger partial charge in [-0.25, -0.2) is 4.98 Å². The molecule has 0 saturated heterocycles. The van der Waals surface area contributed by atoms with Crippen molar-refractivity contribution in [3.8, 4) is 0 Å². The van der Waals surface area contributed by atoms with Crippen molar-refractivity contribution in [2.24, 2.45) is 5.10 Å². The number of fused-ring (bicyclic) bond motifs is 2. The Bertz CT molecular complexity index is 1750. The third-order valence-electron chi connectivity index (χ3n) is 6.75. The molecule has 3 aromatic carbocycles. The number of amides is 1. The number of carbonyl (C=O) groups is 1. The molecule has 0 saturated carbocycles. The second-order valence-electron chi connectivity index (χ2n) is 9.39. The van der Waals surface area contributed by atoms with Gasteiger partial charge < -0.3 is 9.88 Å². The molecular formula is C30H28BrN5O2. The number of hydrogen-bond acceptors (Lipinski definition) is 4. The zero-order chi connectivity index (χ0) is 26.8. The van der Waals surface area contributed by atoms with Gasteiger partial charge >= 0.3 is 0 Å². The fourth-order valence-electron chi connectivity index (χ4n) is 4.47. The van der Waals surface area contributed by atoms with E-state index >= 15 is 0 Å². The summed E-state index contributed by atoms with van der Waals surface area (Å²) in [6.07, 6.45) is 4.39. The molecule has 2 aromatic heterocycles. The largest absolute Gasteiger partial charge is 0.337 e. The quantitative estimate of drug-likeness (QED) is 0.228. The van der Waals surface area contributed by atoms with Gasteiger partial charge in [-0.05, 0) is 49.2 Å². The van der Waals surface area contributed by atoms with Gasteiger partial charge in [-0.2, -0.15) is 9.78 Å². The fraction of sp³-hybridized carbons (Fsp3) is 0.200. The first kappa shape index (κ1) is 25.6. The Morgan fingerprint density at radius 2 is 1.87 bits per heavy atom. The number of anilines is 1. The summed E-state index contributed by atoms with van der Waals surface area (Å²) in [5.41, 5.74) is 3.94. The second kappa shape index (κ2) is 10.8. The molecule has 5 aromatic rings. The van der Waals surface area contributed by atoms with E-state index in [2.05, 4.69) is 33.3 Å². The third-order valence-corrected chi connectivity index (χ3v) is 7.24.